The van der Waals surface area contributed by atoms with Gasteiger partial charge in [0.2, 0.25) is 0 Å². The van der Waals surface area contributed by atoms with Crippen LogP contribution in [0.1, 0.15) is 30.5 Å². The van der Waals surface area contributed by atoms with Crippen molar-refractivity contribution in [3.63, 3.8) is 0 Å². The zero-order chi connectivity index (χ0) is 13.8. The SMILES string of the molecule is CCCn1cc(C(NC)c2cc(Br)ccc2Cl)cn1. The van der Waals surface area contributed by atoms with Gasteiger partial charge in [-0.25, -0.2) is 0 Å². The molecule has 2 aromatic rings. The van der Waals surface area contributed by atoms with Crippen LogP contribution in [0.15, 0.2) is 35.1 Å². The van der Waals surface area contributed by atoms with E-state index in [0.717, 1.165) is 33.6 Å². The number of hydrogen-bond acceptors (Lipinski definition) is 2. The van der Waals surface area contributed by atoms with Crippen LogP contribution in [0.2, 0.25) is 5.02 Å². The smallest absolute Gasteiger partial charge is 0.0620 e. The zero-order valence-corrected chi connectivity index (χ0v) is 13.4. The maximum Gasteiger partial charge on any atom is 0.0620 e. The molecule has 102 valence electrons. The predicted octanol–water partition coefficient (Wildman–Crippen LogP) is 4.02. The number of halogens is 2. The van der Waals surface area contributed by atoms with Crippen molar-refractivity contribution in [1.29, 1.82) is 0 Å². The second-order valence-electron chi connectivity index (χ2n) is 4.42. The number of hydrogen-bond donors (Lipinski definition) is 1. The Bertz CT molecular complexity index is 553. The number of benzene rings is 1. The first-order chi connectivity index (χ1) is 9.15. The van der Waals surface area contributed by atoms with Crippen LogP contribution in [0.4, 0.5) is 0 Å². The van der Waals surface area contributed by atoms with Crippen molar-refractivity contribution in [3.05, 3.63) is 51.2 Å². The lowest BCUT2D eigenvalue weighted by Crippen LogP contribution is -2.17. The van der Waals surface area contributed by atoms with Gasteiger partial charge in [0.05, 0.1) is 12.2 Å². The minimum atomic E-state index is 0.0515. The number of nitrogens with one attached hydrogen (secondary N) is 1. The second kappa shape index (κ2) is 6.55. The quantitative estimate of drug-likeness (QED) is 0.889. The van der Waals surface area contributed by atoms with Crippen molar-refractivity contribution in [2.75, 3.05) is 7.05 Å². The van der Waals surface area contributed by atoms with Crippen LogP contribution in [0.25, 0.3) is 0 Å². The van der Waals surface area contributed by atoms with E-state index in [1.807, 2.05) is 36.1 Å². The lowest BCUT2D eigenvalue weighted by molar-refractivity contribution is 0.600. The fourth-order valence-corrected chi connectivity index (χ4v) is 2.72. The molecule has 5 heteroatoms. The molecule has 19 heavy (non-hydrogen) atoms. The summed E-state index contributed by atoms with van der Waals surface area (Å²) in [4.78, 5) is 0. The summed E-state index contributed by atoms with van der Waals surface area (Å²) in [7, 11) is 1.93. The molecule has 0 aliphatic carbocycles. The first-order valence-corrected chi connectivity index (χ1v) is 7.47. The van der Waals surface area contributed by atoms with Gasteiger partial charge in [-0.2, -0.15) is 5.10 Å². The largest absolute Gasteiger partial charge is 0.309 e. The highest BCUT2D eigenvalue weighted by Gasteiger charge is 2.17. The van der Waals surface area contributed by atoms with Gasteiger partial charge in [0, 0.05) is 27.8 Å². The van der Waals surface area contributed by atoms with E-state index in [1.54, 1.807) is 0 Å². The van der Waals surface area contributed by atoms with Gasteiger partial charge >= 0.3 is 0 Å². The summed E-state index contributed by atoms with van der Waals surface area (Å²) in [6.45, 7) is 3.07. The van der Waals surface area contributed by atoms with Crippen molar-refractivity contribution in [2.24, 2.45) is 0 Å². The molecular formula is C14H17BrClN3. The number of nitrogens with zero attached hydrogens (tertiary/aromatic N) is 2. The normalized spacial score (nSPS) is 12.6. The second-order valence-corrected chi connectivity index (χ2v) is 5.75. The van der Waals surface area contributed by atoms with E-state index in [4.69, 9.17) is 11.6 Å². The van der Waals surface area contributed by atoms with Gasteiger partial charge in [-0.1, -0.05) is 34.5 Å². The fraction of sp³-hybridized carbons (Fsp3) is 0.357. The fourth-order valence-electron chi connectivity index (χ4n) is 2.12. The topological polar surface area (TPSA) is 29.9 Å². The molecule has 1 atom stereocenters. The summed E-state index contributed by atoms with van der Waals surface area (Å²) >= 11 is 9.79. The molecule has 1 unspecified atom stereocenters. The van der Waals surface area contributed by atoms with Gasteiger partial charge < -0.3 is 5.32 Å². The van der Waals surface area contributed by atoms with Crippen molar-refractivity contribution in [3.8, 4) is 0 Å². The number of aryl methyl sites for hydroxylation is 1. The molecule has 3 nitrogen and oxygen atoms in total. The van der Waals surface area contributed by atoms with Crippen LogP contribution >= 0.6 is 27.5 Å². The summed E-state index contributed by atoms with van der Waals surface area (Å²) in [6, 6.07) is 5.94. The zero-order valence-electron chi connectivity index (χ0n) is 11.0. The summed E-state index contributed by atoms with van der Waals surface area (Å²) in [6.07, 6.45) is 5.04. The highest BCUT2D eigenvalue weighted by atomic mass is 79.9. The lowest BCUT2D eigenvalue weighted by atomic mass is 10.0. The van der Waals surface area contributed by atoms with Crippen molar-refractivity contribution >= 4 is 27.5 Å². The molecule has 2 rings (SSSR count). The Hall–Kier alpha value is -0.840. The number of aromatic nitrogens is 2. The Labute approximate surface area is 127 Å². The van der Waals surface area contributed by atoms with E-state index < -0.39 is 0 Å². The van der Waals surface area contributed by atoms with Crippen molar-refractivity contribution in [2.45, 2.75) is 25.9 Å². The molecule has 1 N–H and O–H groups in total. The van der Waals surface area contributed by atoms with Gasteiger partial charge in [-0.3, -0.25) is 4.68 Å². The first kappa shape index (κ1) is 14.6. The Kier molecular flexibility index (Phi) is 5.02. The monoisotopic (exact) mass is 341 g/mol. The van der Waals surface area contributed by atoms with Gasteiger partial charge in [-0.05, 0) is 37.2 Å². The highest BCUT2D eigenvalue weighted by Crippen LogP contribution is 2.30. The average Bonchev–Trinajstić information content (AvgIpc) is 2.83. The van der Waals surface area contributed by atoms with E-state index in [0.29, 0.717) is 0 Å². The van der Waals surface area contributed by atoms with E-state index >= 15 is 0 Å². The van der Waals surface area contributed by atoms with Gasteiger partial charge in [0.1, 0.15) is 0 Å². The summed E-state index contributed by atoms with van der Waals surface area (Å²) < 4.78 is 2.99. The Balaban J connectivity index is 2.35. The maximum atomic E-state index is 6.30. The third kappa shape index (κ3) is 3.38. The molecule has 1 heterocycles. The minimum Gasteiger partial charge on any atom is -0.309 e. The maximum absolute atomic E-state index is 6.30. The molecule has 0 fully saturated rings. The van der Waals surface area contributed by atoms with Crippen LogP contribution in [-0.4, -0.2) is 16.8 Å². The minimum absolute atomic E-state index is 0.0515. The standard InChI is InChI=1S/C14H17BrClN3/c1-3-6-19-9-10(8-18-19)14(17-2)12-7-11(15)4-5-13(12)16/h4-5,7-9,14,17H,3,6H2,1-2H3. The van der Waals surface area contributed by atoms with Gasteiger partial charge in [0.15, 0.2) is 0 Å². The Morgan fingerprint density at radius 1 is 1.47 bits per heavy atom. The van der Waals surface area contributed by atoms with E-state index in [-0.39, 0.29) is 6.04 Å². The lowest BCUT2D eigenvalue weighted by Gasteiger charge is -2.17. The van der Waals surface area contributed by atoms with Gasteiger partial charge in [-0.15, -0.1) is 0 Å². The molecule has 0 aliphatic rings. The van der Waals surface area contributed by atoms with Crippen LogP contribution in [-0.2, 0) is 6.54 Å². The van der Waals surface area contributed by atoms with Crippen molar-refractivity contribution < 1.29 is 0 Å². The van der Waals surface area contributed by atoms with Crippen molar-refractivity contribution in [1.82, 2.24) is 15.1 Å². The van der Waals surface area contributed by atoms with Crippen LogP contribution < -0.4 is 5.32 Å². The molecular weight excluding hydrogens is 326 g/mol. The van der Waals surface area contributed by atoms with Gasteiger partial charge in [0.25, 0.3) is 0 Å². The van der Waals surface area contributed by atoms with E-state index in [2.05, 4.69) is 39.5 Å². The third-order valence-electron chi connectivity index (χ3n) is 3.00. The van der Waals surface area contributed by atoms with Crippen LogP contribution in [0.5, 0.6) is 0 Å². The first-order valence-electron chi connectivity index (χ1n) is 6.30. The summed E-state index contributed by atoms with van der Waals surface area (Å²) in [5.41, 5.74) is 2.17. The third-order valence-corrected chi connectivity index (χ3v) is 3.83. The summed E-state index contributed by atoms with van der Waals surface area (Å²) in [5.74, 6) is 0. The Morgan fingerprint density at radius 3 is 2.95 bits per heavy atom. The molecule has 0 saturated carbocycles. The number of rotatable bonds is 5. The molecule has 0 radical (unpaired) electrons. The highest BCUT2D eigenvalue weighted by molar-refractivity contribution is 9.10. The molecule has 0 spiro atoms. The molecule has 0 aliphatic heterocycles. The molecule has 0 bridgehead atoms. The van der Waals surface area contributed by atoms with Crippen LogP contribution in [0, 0.1) is 0 Å². The van der Waals surface area contributed by atoms with E-state index in [9.17, 15) is 0 Å². The van der Waals surface area contributed by atoms with E-state index in [1.165, 1.54) is 0 Å². The van der Waals surface area contributed by atoms with Crippen LogP contribution in [0.3, 0.4) is 0 Å². The molecule has 1 aromatic heterocycles. The average molecular weight is 343 g/mol. The predicted molar refractivity (Wildman–Crippen MR) is 82.6 cm³/mol. The molecule has 0 saturated heterocycles. The molecule has 0 amide bonds. The molecule has 1 aromatic carbocycles. The summed E-state index contributed by atoms with van der Waals surface area (Å²) in [5, 5.41) is 8.43. The Morgan fingerprint density at radius 2 is 2.26 bits per heavy atom.